The van der Waals surface area contributed by atoms with E-state index in [0.717, 1.165) is 4.68 Å². The van der Waals surface area contributed by atoms with Crippen LogP contribution in [-0.2, 0) is 6.54 Å². The lowest BCUT2D eigenvalue weighted by atomic mass is 10.2. The molecule has 0 spiro atoms. The van der Waals surface area contributed by atoms with Gasteiger partial charge in [-0.2, -0.15) is 5.11 Å². The number of benzene rings is 1. The molecule has 0 bridgehead atoms. The van der Waals surface area contributed by atoms with Gasteiger partial charge >= 0.3 is 0 Å². The maximum atomic E-state index is 9.26. The van der Waals surface area contributed by atoms with Crippen molar-refractivity contribution in [3.8, 4) is 11.5 Å². The van der Waals surface area contributed by atoms with E-state index < -0.39 is 0 Å². The highest BCUT2D eigenvalue weighted by Crippen LogP contribution is 2.25. The quantitative estimate of drug-likeness (QED) is 0.409. The third-order valence-electron chi connectivity index (χ3n) is 2.01. The minimum Gasteiger partial charge on any atom is -0.504 e. The number of nitrogen functional groups attached to an aromatic ring is 1. The van der Waals surface area contributed by atoms with Gasteiger partial charge in [0.05, 0.1) is 6.54 Å². The number of aromatic hydroxyl groups is 2. The van der Waals surface area contributed by atoms with Crippen molar-refractivity contribution in [1.82, 2.24) is 14.9 Å². The average molecular weight is 234 g/mol. The van der Waals surface area contributed by atoms with Crippen LogP contribution in [0, 0.1) is 0 Å². The van der Waals surface area contributed by atoms with Gasteiger partial charge in [-0.1, -0.05) is 6.07 Å². The predicted molar refractivity (Wildman–Crippen MR) is 58.2 cm³/mol. The molecule has 0 saturated heterocycles. The van der Waals surface area contributed by atoms with Gasteiger partial charge in [-0.3, -0.25) is 0 Å². The van der Waals surface area contributed by atoms with Gasteiger partial charge in [-0.05, 0) is 17.7 Å². The molecule has 2 rings (SSSR count). The second-order valence-corrected chi connectivity index (χ2v) is 3.26. The first-order valence-corrected chi connectivity index (χ1v) is 4.70. The number of hydrogen-bond donors (Lipinski definition) is 3. The van der Waals surface area contributed by atoms with Crippen LogP contribution in [0.1, 0.15) is 5.56 Å². The highest BCUT2D eigenvalue weighted by atomic mass is 16.3. The van der Waals surface area contributed by atoms with Gasteiger partial charge in [0.15, 0.2) is 11.5 Å². The number of phenols is 2. The van der Waals surface area contributed by atoms with Crippen LogP contribution in [0.5, 0.6) is 11.5 Å². The Balaban J connectivity index is 2.05. The molecule has 0 aliphatic heterocycles. The van der Waals surface area contributed by atoms with Gasteiger partial charge in [0.1, 0.15) is 6.33 Å². The fourth-order valence-corrected chi connectivity index (χ4v) is 1.16. The number of phenolic OH excluding ortho intramolecular Hbond substituents is 2. The number of nitrogens with zero attached hydrogens (tertiary/aromatic N) is 5. The van der Waals surface area contributed by atoms with Crippen molar-refractivity contribution < 1.29 is 10.2 Å². The minimum atomic E-state index is -0.195. The molecule has 0 aliphatic carbocycles. The number of aromatic nitrogens is 3. The molecule has 17 heavy (non-hydrogen) atoms. The van der Waals surface area contributed by atoms with Crippen molar-refractivity contribution in [2.45, 2.75) is 6.54 Å². The van der Waals surface area contributed by atoms with Gasteiger partial charge in [-0.15, -0.1) is 15.3 Å². The molecule has 0 saturated carbocycles. The highest BCUT2D eigenvalue weighted by molar-refractivity contribution is 5.40. The average Bonchev–Trinajstić information content (AvgIpc) is 2.70. The largest absolute Gasteiger partial charge is 0.504 e. The molecule has 88 valence electrons. The Morgan fingerprint density at radius 2 is 2.12 bits per heavy atom. The summed E-state index contributed by atoms with van der Waals surface area (Å²) in [6, 6.07) is 4.41. The molecule has 0 amide bonds. The standard InChI is InChI=1S/C9H10N6O2/c10-15-5-12-14-9(15)13-11-4-6-1-2-7(16)8(17)3-6/h1-3,5,16-17H,4,10H2. The lowest BCUT2D eigenvalue weighted by Gasteiger charge is -1.99. The van der Waals surface area contributed by atoms with E-state index in [2.05, 4.69) is 20.4 Å². The predicted octanol–water partition coefficient (Wildman–Crippen LogP) is 0.687. The van der Waals surface area contributed by atoms with Crippen molar-refractivity contribution in [2.75, 3.05) is 5.84 Å². The smallest absolute Gasteiger partial charge is 0.287 e. The molecule has 0 atom stereocenters. The molecular formula is C9H10N6O2. The number of hydrogen-bond acceptors (Lipinski definition) is 7. The number of azo groups is 1. The van der Waals surface area contributed by atoms with E-state index in [1.54, 1.807) is 6.07 Å². The maximum absolute atomic E-state index is 9.26. The lowest BCUT2D eigenvalue weighted by Crippen LogP contribution is -2.04. The maximum Gasteiger partial charge on any atom is 0.287 e. The van der Waals surface area contributed by atoms with E-state index in [1.165, 1.54) is 18.5 Å². The second-order valence-electron chi connectivity index (χ2n) is 3.26. The van der Waals surface area contributed by atoms with Crippen LogP contribution in [0.4, 0.5) is 5.95 Å². The Morgan fingerprint density at radius 1 is 1.29 bits per heavy atom. The molecule has 0 unspecified atom stereocenters. The van der Waals surface area contributed by atoms with Gasteiger partial charge in [-0.25, -0.2) is 4.68 Å². The van der Waals surface area contributed by atoms with Crippen LogP contribution < -0.4 is 5.84 Å². The molecule has 8 heteroatoms. The summed E-state index contributed by atoms with van der Waals surface area (Å²) in [5.41, 5.74) is 0.701. The van der Waals surface area contributed by atoms with E-state index in [4.69, 9.17) is 10.9 Å². The fourth-order valence-electron chi connectivity index (χ4n) is 1.16. The van der Waals surface area contributed by atoms with Crippen LogP contribution in [-0.4, -0.2) is 25.1 Å². The van der Waals surface area contributed by atoms with Crippen LogP contribution in [0.15, 0.2) is 34.8 Å². The zero-order valence-electron chi connectivity index (χ0n) is 8.72. The molecular weight excluding hydrogens is 224 g/mol. The molecule has 1 aromatic carbocycles. The molecule has 0 fully saturated rings. The van der Waals surface area contributed by atoms with Crippen molar-refractivity contribution in [3.63, 3.8) is 0 Å². The first kappa shape index (κ1) is 10.9. The lowest BCUT2D eigenvalue weighted by molar-refractivity contribution is 0.403. The van der Waals surface area contributed by atoms with E-state index in [0.29, 0.717) is 5.56 Å². The molecule has 0 radical (unpaired) electrons. The topological polar surface area (TPSA) is 122 Å². The van der Waals surface area contributed by atoms with Gasteiger partial charge in [0.2, 0.25) is 0 Å². The summed E-state index contributed by atoms with van der Waals surface area (Å²) in [4.78, 5) is 0. The third kappa shape index (κ3) is 2.48. The van der Waals surface area contributed by atoms with Crippen LogP contribution in [0.25, 0.3) is 0 Å². The molecule has 4 N–H and O–H groups in total. The van der Waals surface area contributed by atoms with E-state index in [9.17, 15) is 5.11 Å². The Kier molecular flexibility index (Phi) is 2.86. The molecule has 0 aliphatic rings. The van der Waals surface area contributed by atoms with Gasteiger partial charge in [0.25, 0.3) is 5.95 Å². The summed E-state index contributed by atoms with van der Waals surface area (Å²) >= 11 is 0. The van der Waals surface area contributed by atoms with Gasteiger partial charge in [0, 0.05) is 0 Å². The summed E-state index contributed by atoms with van der Waals surface area (Å²) in [6.45, 7) is 0.237. The Bertz CT molecular complexity index is 550. The van der Waals surface area contributed by atoms with Crippen LogP contribution >= 0.6 is 0 Å². The number of rotatable bonds is 3. The zero-order chi connectivity index (χ0) is 12.3. The monoisotopic (exact) mass is 234 g/mol. The Labute approximate surface area is 96.0 Å². The van der Waals surface area contributed by atoms with E-state index >= 15 is 0 Å². The van der Waals surface area contributed by atoms with Crippen molar-refractivity contribution in [3.05, 3.63) is 30.1 Å². The molecule has 2 aromatic rings. The fraction of sp³-hybridized carbons (Fsp3) is 0.111. The summed E-state index contributed by atoms with van der Waals surface area (Å²) in [7, 11) is 0. The third-order valence-corrected chi connectivity index (χ3v) is 2.01. The van der Waals surface area contributed by atoms with Crippen molar-refractivity contribution >= 4 is 5.95 Å². The van der Waals surface area contributed by atoms with Crippen molar-refractivity contribution in [2.24, 2.45) is 10.2 Å². The zero-order valence-corrected chi connectivity index (χ0v) is 8.72. The second kappa shape index (κ2) is 4.47. The number of nitrogens with two attached hydrogens (primary N) is 1. The first-order valence-electron chi connectivity index (χ1n) is 4.70. The molecule has 8 nitrogen and oxygen atoms in total. The summed E-state index contributed by atoms with van der Waals surface area (Å²) < 4.78 is 1.14. The van der Waals surface area contributed by atoms with Crippen molar-refractivity contribution in [1.29, 1.82) is 0 Å². The first-order chi connectivity index (χ1) is 8.16. The van der Waals surface area contributed by atoms with Gasteiger partial charge < -0.3 is 16.1 Å². The molecule has 1 aromatic heterocycles. The van der Waals surface area contributed by atoms with E-state index in [1.807, 2.05) is 0 Å². The molecule has 1 heterocycles. The van der Waals surface area contributed by atoms with Crippen LogP contribution in [0.3, 0.4) is 0 Å². The highest BCUT2D eigenvalue weighted by Gasteiger charge is 2.00. The summed E-state index contributed by atoms with van der Waals surface area (Å²) in [6.07, 6.45) is 1.31. The summed E-state index contributed by atoms with van der Waals surface area (Å²) in [5.74, 6) is 5.25. The van der Waals surface area contributed by atoms with Crippen LogP contribution in [0.2, 0.25) is 0 Å². The Morgan fingerprint density at radius 3 is 2.76 bits per heavy atom. The Hall–Kier alpha value is -2.64. The van der Waals surface area contributed by atoms with E-state index in [-0.39, 0.29) is 24.0 Å². The normalized spacial score (nSPS) is 11.1. The SMILES string of the molecule is Nn1cnnc1N=NCc1ccc(O)c(O)c1. The minimum absolute atomic E-state index is 0.174. The summed E-state index contributed by atoms with van der Waals surface area (Å²) in [5, 5.41) is 33.1.